The van der Waals surface area contributed by atoms with Crippen molar-refractivity contribution in [3.8, 4) is 5.75 Å². The summed E-state index contributed by atoms with van der Waals surface area (Å²) in [4.78, 5) is 16.2. The van der Waals surface area contributed by atoms with Crippen molar-refractivity contribution in [1.82, 2.24) is 4.98 Å². The topological polar surface area (TPSA) is 63.2 Å². The lowest BCUT2D eigenvalue weighted by atomic mass is 10.2. The molecule has 126 valence electrons. The summed E-state index contributed by atoms with van der Waals surface area (Å²) in [6, 6.07) is 18.2. The van der Waals surface area contributed by atoms with E-state index in [4.69, 9.17) is 4.74 Å². The first-order chi connectivity index (χ1) is 12.2. The molecule has 3 aromatic rings. The summed E-state index contributed by atoms with van der Waals surface area (Å²) < 4.78 is 18.9. The van der Waals surface area contributed by atoms with Crippen LogP contribution in [-0.2, 0) is 6.61 Å². The predicted molar refractivity (Wildman–Crippen MR) is 94.1 cm³/mol. The summed E-state index contributed by atoms with van der Waals surface area (Å²) in [6.45, 7) is 0.165. The molecule has 1 aromatic heterocycles. The van der Waals surface area contributed by atoms with Gasteiger partial charge in [-0.05, 0) is 42.0 Å². The minimum atomic E-state index is -0.430. The summed E-state index contributed by atoms with van der Waals surface area (Å²) in [5, 5.41) is 5.35. The fourth-order valence-corrected chi connectivity index (χ4v) is 2.18. The van der Waals surface area contributed by atoms with Crippen molar-refractivity contribution in [1.29, 1.82) is 0 Å². The fourth-order valence-electron chi connectivity index (χ4n) is 2.18. The number of aromatic nitrogens is 1. The number of anilines is 2. The highest BCUT2D eigenvalue weighted by Crippen LogP contribution is 2.22. The molecule has 0 aliphatic heterocycles. The quantitative estimate of drug-likeness (QED) is 0.723. The van der Waals surface area contributed by atoms with Gasteiger partial charge in [0.2, 0.25) is 0 Å². The zero-order valence-corrected chi connectivity index (χ0v) is 13.3. The number of para-hydroxylation sites is 1. The number of carbonyl (C=O) groups excluding carboxylic acids is 1. The molecule has 2 N–H and O–H groups in total. The molecule has 5 nitrogen and oxygen atoms in total. The molecule has 0 aliphatic rings. The summed E-state index contributed by atoms with van der Waals surface area (Å²) in [5.41, 5.74) is 1.35. The number of pyridine rings is 1. The molecule has 0 saturated heterocycles. The summed E-state index contributed by atoms with van der Waals surface area (Å²) in [5.74, 6) is 0.357. The zero-order valence-electron chi connectivity index (χ0n) is 13.3. The van der Waals surface area contributed by atoms with Crippen LogP contribution in [0.25, 0.3) is 0 Å². The standard InChI is InChI=1S/C19H16FN3O2/c20-15-7-4-6-14(12-15)13-25-17-10-5-11-21-18(17)23-19(24)22-16-8-2-1-3-9-16/h1-12H,13H2,(H2,21,22,23,24). The van der Waals surface area contributed by atoms with Gasteiger partial charge in [0.15, 0.2) is 11.6 Å². The minimum absolute atomic E-state index is 0.165. The summed E-state index contributed by atoms with van der Waals surface area (Å²) in [6.07, 6.45) is 1.55. The van der Waals surface area contributed by atoms with Crippen LogP contribution in [0.1, 0.15) is 5.56 Å². The van der Waals surface area contributed by atoms with Crippen LogP contribution in [0.15, 0.2) is 72.9 Å². The minimum Gasteiger partial charge on any atom is -0.485 e. The van der Waals surface area contributed by atoms with Crippen molar-refractivity contribution in [2.75, 3.05) is 10.6 Å². The molecular formula is C19H16FN3O2. The van der Waals surface area contributed by atoms with Gasteiger partial charge in [0, 0.05) is 11.9 Å². The first-order valence-electron chi connectivity index (χ1n) is 7.66. The highest BCUT2D eigenvalue weighted by molar-refractivity contribution is 5.99. The molecule has 0 spiro atoms. The van der Waals surface area contributed by atoms with Gasteiger partial charge < -0.3 is 10.1 Å². The first kappa shape index (κ1) is 16.4. The molecule has 25 heavy (non-hydrogen) atoms. The maximum Gasteiger partial charge on any atom is 0.324 e. The van der Waals surface area contributed by atoms with Crippen LogP contribution in [0.4, 0.5) is 20.7 Å². The van der Waals surface area contributed by atoms with E-state index in [0.29, 0.717) is 17.0 Å². The van der Waals surface area contributed by atoms with E-state index in [1.165, 1.54) is 12.1 Å². The number of benzene rings is 2. The van der Waals surface area contributed by atoms with Gasteiger partial charge in [0.05, 0.1) is 0 Å². The lowest BCUT2D eigenvalue weighted by molar-refractivity contribution is 0.261. The van der Waals surface area contributed by atoms with Gasteiger partial charge >= 0.3 is 6.03 Å². The number of urea groups is 1. The molecular weight excluding hydrogens is 321 g/mol. The van der Waals surface area contributed by atoms with E-state index < -0.39 is 6.03 Å². The second-order valence-corrected chi connectivity index (χ2v) is 5.21. The molecule has 3 rings (SSSR count). The smallest absolute Gasteiger partial charge is 0.324 e. The van der Waals surface area contributed by atoms with Gasteiger partial charge in [-0.3, -0.25) is 5.32 Å². The van der Waals surface area contributed by atoms with E-state index in [-0.39, 0.29) is 18.2 Å². The van der Waals surface area contributed by atoms with Crippen molar-refractivity contribution in [3.05, 3.63) is 84.3 Å². The van der Waals surface area contributed by atoms with Crippen molar-refractivity contribution >= 4 is 17.5 Å². The number of nitrogens with one attached hydrogen (secondary N) is 2. The molecule has 6 heteroatoms. The normalized spacial score (nSPS) is 10.1. The average Bonchev–Trinajstić information content (AvgIpc) is 2.62. The maximum absolute atomic E-state index is 13.2. The van der Waals surface area contributed by atoms with Crippen LogP contribution in [0.2, 0.25) is 0 Å². The Morgan fingerprint density at radius 3 is 2.64 bits per heavy atom. The van der Waals surface area contributed by atoms with E-state index in [2.05, 4.69) is 15.6 Å². The van der Waals surface area contributed by atoms with Crippen molar-refractivity contribution in [3.63, 3.8) is 0 Å². The lowest BCUT2D eigenvalue weighted by Gasteiger charge is -2.12. The van der Waals surface area contributed by atoms with Crippen LogP contribution < -0.4 is 15.4 Å². The largest absolute Gasteiger partial charge is 0.485 e. The van der Waals surface area contributed by atoms with Crippen LogP contribution in [0.3, 0.4) is 0 Å². The van der Waals surface area contributed by atoms with E-state index in [1.54, 1.807) is 42.6 Å². The molecule has 0 aliphatic carbocycles. The number of rotatable bonds is 5. The Kier molecular flexibility index (Phi) is 5.21. The van der Waals surface area contributed by atoms with Crippen LogP contribution in [0, 0.1) is 5.82 Å². The lowest BCUT2D eigenvalue weighted by Crippen LogP contribution is -2.20. The summed E-state index contributed by atoms with van der Waals surface area (Å²) >= 11 is 0. The van der Waals surface area contributed by atoms with Gasteiger partial charge in [-0.25, -0.2) is 14.2 Å². The van der Waals surface area contributed by atoms with Gasteiger partial charge in [0.1, 0.15) is 12.4 Å². The highest BCUT2D eigenvalue weighted by atomic mass is 19.1. The first-order valence-corrected chi connectivity index (χ1v) is 7.66. The number of ether oxygens (including phenoxy) is 1. The number of nitrogens with zero attached hydrogens (tertiary/aromatic N) is 1. The van der Waals surface area contributed by atoms with E-state index in [1.807, 2.05) is 18.2 Å². The number of halogens is 1. The van der Waals surface area contributed by atoms with Gasteiger partial charge in [-0.2, -0.15) is 0 Å². The molecule has 1 heterocycles. The number of amides is 2. The van der Waals surface area contributed by atoms with Gasteiger partial charge in [-0.1, -0.05) is 30.3 Å². The number of hydrogen-bond acceptors (Lipinski definition) is 3. The maximum atomic E-state index is 13.2. The van der Waals surface area contributed by atoms with Crippen molar-refractivity contribution < 1.29 is 13.9 Å². The monoisotopic (exact) mass is 337 g/mol. The van der Waals surface area contributed by atoms with Crippen LogP contribution in [-0.4, -0.2) is 11.0 Å². The Morgan fingerprint density at radius 1 is 1.00 bits per heavy atom. The van der Waals surface area contributed by atoms with Crippen LogP contribution >= 0.6 is 0 Å². The van der Waals surface area contributed by atoms with Gasteiger partial charge in [0.25, 0.3) is 0 Å². The third kappa shape index (κ3) is 4.78. The third-order valence-electron chi connectivity index (χ3n) is 3.32. The molecule has 0 saturated carbocycles. The Labute approximate surface area is 144 Å². The zero-order chi connectivity index (χ0) is 17.5. The molecule has 0 atom stereocenters. The van der Waals surface area contributed by atoms with Crippen LogP contribution in [0.5, 0.6) is 5.75 Å². The fraction of sp³-hybridized carbons (Fsp3) is 0.0526. The third-order valence-corrected chi connectivity index (χ3v) is 3.32. The Balaban J connectivity index is 1.65. The molecule has 0 fully saturated rings. The summed E-state index contributed by atoms with van der Waals surface area (Å²) in [7, 11) is 0. The van der Waals surface area contributed by atoms with Crippen molar-refractivity contribution in [2.45, 2.75) is 6.61 Å². The van der Waals surface area contributed by atoms with E-state index in [0.717, 1.165) is 0 Å². The highest BCUT2D eigenvalue weighted by Gasteiger charge is 2.09. The van der Waals surface area contributed by atoms with E-state index in [9.17, 15) is 9.18 Å². The Morgan fingerprint density at radius 2 is 1.84 bits per heavy atom. The predicted octanol–water partition coefficient (Wildman–Crippen LogP) is 4.44. The number of hydrogen-bond donors (Lipinski definition) is 2. The molecule has 0 unspecified atom stereocenters. The Hall–Kier alpha value is -3.41. The van der Waals surface area contributed by atoms with Crippen molar-refractivity contribution in [2.24, 2.45) is 0 Å². The molecule has 0 radical (unpaired) electrons. The molecule has 2 aromatic carbocycles. The molecule has 2 amide bonds. The second-order valence-electron chi connectivity index (χ2n) is 5.21. The molecule has 0 bridgehead atoms. The number of carbonyl (C=O) groups is 1. The van der Waals surface area contributed by atoms with E-state index >= 15 is 0 Å². The average molecular weight is 337 g/mol. The second kappa shape index (κ2) is 7.92. The Bertz CT molecular complexity index is 856. The van der Waals surface area contributed by atoms with Gasteiger partial charge in [-0.15, -0.1) is 0 Å². The SMILES string of the molecule is O=C(Nc1ccccc1)Nc1ncccc1OCc1cccc(F)c1.